The highest BCUT2D eigenvalue weighted by Crippen LogP contribution is 2.20. The van der Waals surface area contributed by atoms with Crippen LogP contribution in [0.3, 0.4) is 0 Å². The van der Waals surface area contributed by atoms with Gasteiger partial charge in [0.25, 0.3) is 0 Å². The summed E-state index contributed by atoms with van der Waals surface area (Å²) in [5.41, 5.74) is 11.8. The number of ether oxygens (including phenoxy) is 1. The summed E-state index contributed by atoms with van der Waals surface area (Å²) in [7, 11) is 0. The molecule has 0 spiro atoms. The summed E-state index contributed by atoms with van der Waals surface area (Å²) >= 11 is 0. The van der Waals surface area contributed by atoms with Crippen LogP contribution in [0.4, 0.5) is 5.69 Å². The monoisotopic (exact) mass is 277 g/mol. The molecule has 0 saturated carbocycles. The standard InChI is InChI=1S/C14H19N3O3/c15-12(18)9-10-1-3-11(4-2-10)17-13(19)14(16)5-7-20-8-6-14/h1-4H,5-9,16H2,(H2,15,18)(H,17,19). The minimum absolute atomic E-state index is 0.187. The van der Waals surface area contributed by atoms with Gasteiger partial charge in [-0.1, -0.05) is 12.1 Å². The second-order valence-corrected chi connectivity index (χ2v) is 5.06. The third kappa shape index (κ3) is 3.55. The number of primary amides is 1. The van der Waals surface area contributed by atoms with E-state index in [1.54, 1.807) is 24.3 Å². The summed E-state index contributed by atoms with van der Waals surface area (Å²) < 4.78 is 5.21. The molecule has 1 heterocycles. The largest absolute Gasteiger partial charge is 0.381 e. The molecule has 2 amide bonds. The molecule has 0 atom stereocenters. The molecular weight excluding hydrogens is 258 g/mol. The van der Waals surface area contributed by atoms with Gasteiger partial charge in [-0.2, -0.15) is 0 Å². The average molecular weight is 277 g/mol. The van der Waals surface area contributed by atoms with Gasteiger partial charge in [0.1, 0.15) is 5.54 Å². The van der Waals surface area contributed by atoms with Crippen LogP contribution in [-0.2, 0) is 20.7 Å². The second-order valence-electron chi connectivity index (χ2n) is 5.06. The molecule has 1 saturated heterocycles. The van der Waals surface area contributed by atoms with Gasteiger partial charge in [0.15, 0.2) is 0 Å². The molecule has 0 aromatic heterocycles. The Hall–Kier alpha value is -1.92. The lowest BCUT2D eigenvalue weighted by Gasteiger charge is -2.31. The number of anilines is 1. The second kappa shape index (κ2) is 6.02. The Labute approximate surface area is 117 Å². The maximum Gasteiger partial charge on any atom is 0.244 e. The molecule has 6 heteroatoms. The molecule has 108 valence electrons. The Bertz CT molecular complexity index is 493. The van der Waals surface area contributed by atoms with Crippen molar-refractivity contribution in [1.29, 1.82) is 0 Å². The van der Waals surface area contributed by atoms with E-state index in [2.05, 4.69) is 5.32 Å². The van der Waals surface area contributed by atoms with Gasteiger partial charge in [0.05, 0.1) is 6.42 Å². The molecule has 6 nitrogen and oxygen atoms in total. The van der Waals surface area contributed by atoms with E-state index in [0.29, 0.717) is 31.7 Å². The van der Waals surface area contributed by atoms with Crippen LogP contribution >= 0.6 is 0 Å². The van der Waals surface area contributed by atoms with Crippen LogP contribution in [0.25, 0.3) is 0 Å². The van der Waals surface area contributed by atoms with Crippen molar-refractivity contribution in [2.24, 2.45) is 11.5 Å². The number of carbonyl (C=O) groups excluding carboxylic acids is 2. The molecule has 0 aliphatic carbocycles. The van der Waals surface area contributed by atoms with Gasteiger partial charge < -0.3 is 21.5 Å². The van der Waals surface area contributed by atoms with Crippen molar-refractivity contribution < 1.29 is 14.3 Å². The molecule has 0 unspecified atom stereocenters. The Morgan fingerprint density at radius 3 is 2.35 bits per heavy atom. The van der Waals surface area contributed by atoms with Crippen molar-refractivity contribution in [2.45, 2.75) is 24.8 Å². The highest BCUT2D eigenvalue weighted by molar-refractivity contribution is 5.98. The van der Waals surface area contributed by atoms with Gasteiger partial charge in [0, 0.05) is 18.9 Å². The van der Waals surface area contributed by atoms with E-state index < -0.39 is 5.54 Å². The summed E-state index contributed by atoms with van der Waals surface area (Å²) in [5.74, 6) is -0.589. The Morgan fingerprint density at radius 2 is 1.80 bits per heavy atom. The van der Waals surface area contributed by atoms with E-state index in [1.807, 2.05) is 0 Å². The third-order valence-electron chi connectivity index (χ3n) is 3.43. The van der Waals surface area contributed by atoms with Gasteiger partial charge in [-0.3, -0.25) is 9.59 Å². The summed E-state index contributed by atoms with van der Waals surface area (Å²) in [6.07, 6.45) is 1.21. The minimum atomic E-state index is -0.871. The van der Waals surface area contributed by atoms with Gasteiger partial charge in [-0.25, -0.2) is 0 Å². The van der Waals surface area contributed by atoms with Crippen LogP contribution in [0, 0.1) is 0 Å². The fraction of sp³-hybridized carbons (Fsp3) is 0.429. The van der Waals surface area contributed by atoms with Crippen molar-refractivity contribution in [2.75, 3.05) is 18.5 Å². The van der Waals surface area contributed by atoms with Crippen LogP contribution in [0.15, 0.2) is 24.3 Å². The van der Waals surface area contributed by atoms with Crippen LogP contribution in [0.2, 0.25) is 0 Å². The number of amides is 2. The highest BCUT2D eigenvalue weighted by atomic mass is 16.5. The maximum absolute atomic E-state index is 12.2. The van der Waals surface area contributed by atoms with E-state index in [-0.39, 0.29) is 18.2 Å². The molecule has 1 fully saturated rings. The fourth-order valence-corrected chi connectivity index (χ4v) is 2.13. The number of benzene rings is 1. The number of nitrogens with one attached hydrogen (secondary N) is 1. The van der Waals surface area contributed by atoms with Gasteiger partial charge in [0.2, 0.25) is 11.8 Å². The fourth-order valence-electron chi connectivity index (χ4n) is 2.13. The van der Waals surface area contributed by atoms with Crippen molar-refractivity contribution in [3.8, 4) is 0 Å². The van der Waals surface area contributed by atoms with Crippen molar-refractivity contribution >= 4 is 17.5 Å². The minimum Gasteiger partial charge on any atom is -0.381 e. The molecule has 0 bridgehead atoms. The quantitative estimate of drug-likeness (QED) is 0.728. The number of hydrogen-bond acceptors (Lipinski definition) is 4. The lowest BCUT2D eigenvalue weighted by atomic mass is 9.90. The zero-order valence-corrected chi connectivity index (χ0v) is 11.2. The van der Waals surface area contributed by atoms with Crippen LogP contribution in [0.5, 0.6) is 0 Å². The lowest BCUT2D eigenvalue weighted by Crippen LogP contribution is -2.54. The van der Waals surface area contributed by atoms with E-state index in [0.717, 1.165) is 5.56 Å². The molecule has 20 heavy (non-hydrogen) atoms. The molecule has 1 aromatic rings. The van der Waals surface area contributed by atoms with Gasteiger partial charge in [-0.05, 0) is 30.5 Å². The van der Waals surface area contributed by atoms with E-state index in [9.17, 15) is 9.59 Å². The predicted molar refractivity (Wildman–Crippen MR) is 74.9 cm³/mol. The van der Waals surface area contributed by atoms with Crippen molar-refractivity contribution in [3.05, 3.63) is 29.8 Å². The number of nitrogens with two attached hydrogens (primary N) is 2. The molecule has 2 rings (SSSR count). The first-order valence-corrected chi connectivity index (χ1v) is 6.55. The average Bonchev–Trinajstić information content (AvgIpc) is 2.41. The smallest absolute Gasteiger partial charge is 0.244 e. The molecule has 0 radical (unpaired) electrons. The maximum atomic E-state index is 12.2. The van der Waals surface area contributed by atoms with Crippen LogP contribution in [-0.4, -0.2) is 30.6 Å². The molecule has 1 aromatic carbocycles. The lowest BCUT2D eigenvalue weighted by molar-refractivity contribution is -0.124. The zero-order chi connectivity index (χ0) is 14.6. The van der Waals surface area contributed by atoms with E-state index in [4.69, 9.17) is 16.2 Å². The Kier molecular flexibility index (Phi) is 4.36. The topological polar surface area (TPSA) is 107 Å². The van der Waals surface area contributed by atoms with Crippen molar-refractivity contribution in [3.63, 3.8) is 0 Å². The van der Waals surface area contributed by atoms with E-state index in [1.165, 1.54) is 0 Å². The first-order chi connectivity index (χ1) is 9.49. The molecule has 1 aliphatic rings. The van der Waals surface area contributed by atoms with Gasteiger partial charge >= 0.3 is 0 Å². The zero-order valence-electron chi connectivity index (χ0n) is 11.2. The van der Waals surface area contributed by atoms with E-state index >= 15 is 0 Å². The summed E-state index contributed by atoms with van der Waals surface area (Å²) in [4.78, 5) is 23.0. The van der Waals surface area contributed by atoms with Crippen LogP contribution in [0.1, 0.15) is 18.4 Å². The SMILES string of the molecule is NC(=O)Cc1ccc(NC(=O)C2(N)CCOCC2)cc1. The number of rotatable bonds is 4. The summed E-state index contributed by atoms with van der Waals surface area (Å²) in [5, 5.41) is 2.80. The number of hydrogen-bond donors (Lipinski definition) is 3. The predicted octanol–water partition coefficient (Wildman–Crippen LogP) is 0.161. The summed E-state index contributed by atoms with van der Waals surface area (Å²) in [6.45, 7) is 1.00. The first kappa shape index (κ1) is 14.5. The summed E-state index contributed by atoms with van der Waals surface area (Å²) in [6, 6.07) is 6.98. The Balaban J connectivity index is 1.98. The number of carbonyl (C=O) groups is 2. The van der Waals surface area contributed by atoms with Crippen LogP contribution < -0.4 is 16.8 Å². The molecule has 1 aliphatic heterocycles. The molecule has 5 N–H and O–H groups in total. The first-order valence-electron chi connectivity index (χ1n) is 6.55. The third-order valence-corrected chi connectivity index (χ3v) is 3.43. The molecular formula is C14H19N3O3. The van der Waals surface area contributed by atoms with Crippen molar-refractivity contribution in [1.82, 2.24) is 0 Å². The van der Waals surface area contributed by atoms with Gasteiger partial charge in [-0.15, -0.1) is 0 Å². The Morgan fingerprint density at radius 1 is 1.20 bits per heavy atom. The highest BCUT2D eigenvalue weighted by Gasteiger charge is 2.35. The normalized spacial score (nSPS) is 17.4.